The van der Waals surface area contributed by atoms with Crippen LogP contribution in [-0.4, -0.2) is 34.6 Å². The molecule has 78 valence electrons. The van der Waals surface area contributed by atoms with E-state index in [-0.39, 0.29) is 5.73 Å². The smallest absolute Gasteiger partial charge is 0.367 e. The zero-order chi connectivity index (χ0) is 9.90. The van der Waals surface area contributed by atoms with Gasteiger partial charge in [-0.05, 0) is 13.0 Å². The molecule has 0 aromatic carbocycles. The van der Waals surface area contributed by atoms with E-state index in [0.717, 1.165) is 6.42 Å². The van der Waals surface area contributed by atoms with E-state index < -0.39 is 8.56 Å². The highest BCUT2D eigenvalue weighted by Crippen LogP contribution is 2.35. The molecule has 13 heavy (non-hydrogen) atoms. The fourth-order valence-electron chi connectivity index (χ4n) is 1.54. The van der Waals surface area contributed by atoms with E-state index in [2.05, 4.69) is 13.5 Å². The van der Waals surface area contributed by atoms with Crippen LogP contribution < -0.4 is 0 Å². The molecular formula is C9H20O3Si. The summed E-state index contributed by atoms with van der Waals surface area (Å²) in [5.41, 5.74) is 0.258. The third-order valence-corrected chi connectivity index (χ3v) is 5.91. The Labute approximate surface area is 81.6 Å². The van der Waals surface area contributed by atoms with Gasteiger partial charge >= 0.3 is 8.56 Å². The lowest BCUT2D eigenvalue weighted by Gasteiger charge is -2.20. The quantitative estimate of drug-likeness (QED) is 0.489. The molecular weight excluding hydrogens is 184 g/mol. The highest BCUT2D eigenvalue weighted by molar-refractivity contribution is 6.68. The fourth-order valence-corrected chi connectivity index (χ4v) is 3.44. The van der Waals surface area contributed by atoms with Crippen LogP contribution in [0.15, 0.2) is 0 Å². The van der Waals surface area contributed by atoms with Crippen LogP contribution in [-0.2, 0) is 13.6 Å². The second-order valence-electron chi connectivity index (χ2n) is 3.66. The van der Waals surface area contributed by atoms with Crippen LogP contribution in [0.1, 0.15) is 26.2 Å². The second kappa shape index (κ2) is 4.55. The Balaban J connectivity index is 2.31. The molecule has 0 saturated carbocycles. The number of ether oxygens (including phenoxy) is 1. The summed E-state index contributed by atoms with van der Waals surface area (Å²) in [7, 11) is 1.43. The first kappa shape index (κ1) is 11.2. The van der Waals surface area contributed by atoms with Crippen molar-refractivity contribution in [2.75, 3.05) is 14.2 Å². The highest BCUT2D eigenvalue weighted by atomic mass is 28.4. The van der Waals surface area contributed by atoms with Crippen molar-refractivity contribution in [3.63, 3.8) is 0 Å². The van der Waals surface area contributed by atoms with E-state index in [9.17, 15) is 0 Å². The van der Waals surface area contributed by atoms with Gasteiger partial charge in [0.15, 0.2) is 0 Å². The SMILES string of the molecule is CCCCC1OC1[Si](C)(OC)OC. The lowest BCUT2D eigenvalue weighted by molar-refractivity contribution is 0.230. The summed E-state index contributed by atoms with van der Waals surface area (Å²) in [6, 6.07) is 0. The standard InChI is InChI=1S/C9H20O3Si/c1-5-6-7-8-9(12-8)13(4,10-2)11-3/h8-9H,5-7H2,1-4H3. The Bertz CT molecular complexity index is 159. The van der Waals surface area contributed by atoms with Crippen molar-refractivity contribution in [3.05, 3.63) is 0 Å². The van der Waals surface area contributed by atoms with Gasteiger partial charge in [-0.15, -0.1) is 0 Å². The van der Waals surface area contributed by atoms with Crippen LogP contribution in [0.5, 0.6) is 0 Å². The van der Waals surface area contributed by atoms with E-state index in [4.69, 9.17) is 13.6 Å². The molecule has 0 aliphatic carbocycles. The predicted octanol–water partition coefficient (Wildman–Crippen LogP) is 1.85. The third kappa shape index (κ3) is 2.53. The van der Waals surface area contributed by atoms with Gasteiger partial charge in [-0.1, -0.05) is 19.8 Å². The number of unbranched alkanes of at least 4 members (excludes halogenated alkanes) is 1. The molecule has 2 unspecified atom stereocenters. The van der Waals surface area contributed by atoms with Crippen LogP contribution in [0.25, 0.3) is 0 Å². The molecule has 0 spiro atoms. The van der Waals surface area contributed by atoms with Gasteiger partial charge in [0.05, 0.1) is 6.10 Å². The monoisotopic (exact) mass is 204 g/mol. The van der Waals surface area contributed by atoms with E-state index in [1.165, 1.54) is 12.8 Å². The van der Waals surface area contributed by atoms with Gasteiger partial charge in [0.25, 0.3) is 0 Å². The van der Waals surface area contributed by atoms with Gasteiger partial charge in [-0.2, -0.15) is 0 Å². The average Bonchev–Trinajstić information content (AvgIpc) is 2.93. The van der Waals surface area contributed by atoms with Crippen LogP contribution in [0.2, 0.25) is 6.55 Å². The average molecular weight is 204 g/mol. The van der Waals surface area contributed by atoms with Gasteiger partial charge in [0.1, 0.15) is 5.73 Å². The summed E-state index contributed by atoms with van der Waals surface area (Å²) in [5.74, 6) is 0. The summed E-state index contributed by atoms with van der Waals surface area (Å²) in [6.45, 7) is 4.25. The molecule has 0 amide bonds. The molecule has 1 fully saturated rings. The van der Waals surface area contributed by atoms with Crippen LogP contribution in [0, 0.1) is 0 Å². The molecule has 1 saturated heterocycles. The molecule has 1 aliphatic heterocycles. The molecule has 2 atom stereocenters. The number of rotatable bonds is 6. The largest absolute Gasteiger partial charge is 0.396 e. The number of hydrogen-bond acceptors (Lipinski definition) is 3. The van der Waals surface area contributed by atoms with Gasteiger partial charge in [-0.25, -0.2) is 0 Å². The molecule has 0 aromatic heterocycles. The van der Waals surface area contributed by atoms with Crippen LogP contribution in [0.4, 0.5) is 0 Å². The summed E-state index contributed by atoms with van der Waals surface area (Å²) in [4.78, 5) is 0. The minimum absolute atomic E-state index is 0.258. The highest BCUT2D eigenvalue weighted by Gasteiger charge is 2.56. The van der Waals surface area contributed by atoms with Gasteiger partial charge in [0.2, 0.25) is 0 Å². The second-order valence-corrected chi connectivity index (χ2v) is 7.08. The minimum Gasteiger partial charge on any atom is -0.396 e. The van der Waals surface area contributed by atoms with Crippen molar-refractivity contribution in [1.82, 2.24) is 0 Å². The topological polar surface area (TPSA) is 31.0 Å². The number of hydrogen-bond donors (Lipinski definition) is 0. The summed E-state index contributed by atoms with van der Waals surface area (Å²) in [6.07, 6.45) is 4.01. The van der Waals surface area contributed by atoms with E-state index in [1.54, 1.807) is 14.2 Å². The first-order valence-corrected chi connectivity index (χ1v) is 7.33. The maximum Gasteiger partial charge on any atom is 0.367 e. The van der Waals surface area contributed by atoms with Crippen molar-refractivity contribution in [2.45, 2.75) is 44.6 Å². The van der Waals surface area contributed by atoms with Crippen molar-refractivity contribution in [2.24, 2.45) is 0 Å². The molecule has 1 aliphatic rings. The Morgan fingerprint density at radius 2 is 1.92 bits per heavy atom. The van der Waals surface area contributed by atoms with Crippen LogP contribution >= 0.6 is 0 Å². The molecule has 0 radical (unpaired) electrons. The lowest BCUT2D eigenvalue weighted by Crippen LogP contribution is -2.44. The van der Waals surface area contributed by atoms with E-state index >= 15 is 0 Å². The van der Waals surface area contributed by atoms with Crippen molar-refractivity contribution in [3.8, 4) is 0 Å². The van der Waals surface area contributed by atoms with E-state index in [0.29, 0.717) is 6.10 Å². The summed E-state index contributed by atoms with van der Waals surface area (Å²) in [5, 5.41) is 0. The molecule has 1 heterocycles. The maximum absolute atomic E-state index is 5.58. The molecule has 0 aromatic rings. The zero-order valence-corrected chi connectivity index (χ0v) is 10.0. The first-order chi connectivity index (χ1) is 6.18. The number of epoxide rings is 1. The normalized spacial score (nSPS) is 27.7. The molecule has 4 heteroatoms. The zero-order valence-electron chi connectivity index (χ0n) is 9.00. The Hall–Kier alpha value is 0.0969. The van der Waals surface area contributed by atoms with Gasteiger partial charge in [-0.3, -0.25) is 0 Å². The van der Waals surface area contributed by atoms with Gasteiger partial charge < -0.3 is 13.6 Å². The summed E-state index contributed by atoms with van der Waals surface area (Å²) < 4.78 is 16.4. The first-order valence-electron chi connectivity index (χ1n) is 4.93. The molecule has 3 nitrogen and oxygen atoms in total. The van der Waals surface area contributed by atoms with Gasteiger partial charge in [0, 0.05) is 14.2 Å². The minimum atomic E-state index is -2.00. The Kier molecular flexibility index (Phi) is 3.91. The maximum atomic E-state index is 5.58. The van der Waals surface area contributed by atoms with Crippen molar-refractivity contribution < 1.29 is 13.6 Å². The van der Waals surface area contributed by atoms with Crippen molar-refractivity contribution >= 4 is 8.56 Å². The van der Waals surface area contributed by atoms with Crippen molar-refractivity contribution in [1.29, 1.82) is 0 Å². The summed E-state index contributed by atoms with van der Waals surface area (Å²) >= 11 is 0. The Morgan fingerprint density at radius 1 is 1.31 bits per heavy atom. The molecule has 0 bridgehead atoms. The molecule has 1 rings (SSSR count). The third-order valence-electron chi connectivity index (χ3n) is 2.75. The van der Waals surface area contributed by atoms with E-state index in [1.807, 2.05) is 0 Å². The van der Waals surface area contributed by atoms with Crippen LogP contribution in [0.3, 0.4) is 0 Å². The predicted molar refractivity (Wildman–Crippen MR) is 53.8 cm³/mol. The molecule has 0 N–H and O–H groups in total. The fraction of sp³-hybridized carbons (Fsp3) is 1.00. The lowest BCUT2D eigenvalue weighted by atomic mass is 10.2. The Morgan fingerprint density at radius 3 is 2.38 bits per heavy atom.